The van der Waals surface area contributed by atoms with Gasteiger partial charge in [-0.15, -0.1) is 0 Å². The molecule has 102 valence electrons. The molecule has 1 heterocycles. The van der Waals surface area contributed by atoms with Crippen molar-refractivity contribution in [3.8, 4) is 0 Å². The Hall–Kier alpha value is -2.29. The number of halogens is 1. The second-order valence-corrected chi connectivity index (χ2v) is 4.86. The van der Waals surface area contributed by atoms with E-state index in [4.69, 9.17) is 0 Å². The van der Waals surface area contributed by atoms with Gasteiger partial charge in [-0.2, -0.15) is 0 Å². The summed E-state index contributed by atoms with van der Waals surface area (Å²) in [7, 11) is 0. The van der Waals surface area contributed by atoms with Gasteiger partial charge in [0.15, 0.2) is 0 Å². The molecule has 2 aromatic carbocycles. The molecule has 0 unspecified atom stereocenters. The molecule has 0 fully saturated rings. The first-order chi connectivity index (χ1) is 9.83. The van der Waals surface area contributed by atoms with Crippen molar-refractivity contribution >= 4 is 16.6 Å². The highest BCUT2D eigenvalue weighted by atomic mass is 19.1. The molecule has 0 aliphatic carbocycles. The molecule has 3 rings (SSSR count). The normalized spacial score (nSPS) is 10.8. The Labute approximate surface area is 117 Å². The zero-order valence-corrected chi connectivity index (χ0v) is 11.2. The number of rotatable bonds is 5. The van der Waals surface area contributed by atoms with Crippen LogP contribution in [0.15, 0.2) is 60.8 Å². The summed E-state index contributed by atoms with van der Waals surface area (Å²) in [6, 6.07) is 17.1. The third-order valence-electron chi connectivity index (χ3n) is 3.41. The lowest BCUT2D eigenvalue weighted by molar-refractivity contribution is 0.626. The Morgan fingerprint density at radius 3 is 2.70 bits per heavy atom. The van der Waals surface area contributed by atoms with Crippen LogP contribution in [0.4, 0.5) is 10.1 Å². The third-order valence-corrected chi connectivity index (χ3v) is 3.41. The maximum Gasteiger partial charge on any atom is 0.125 e. The fraction of sp³-hybridized carbons (Fsp3) is 0.176. The fourth-order valence-electron chi connectivity index (χ4n) is 2.39. The van der Waals surface area contributed by atoms with E-state index in [9.17, 15) is 4.39 Å². The van der Waals surface area contributed by atoms with Crippen LogP contribution in [0.3, 0.4) is 0 Å². The van der Waals surface area contributed by atoms with Gasteiger partial charge in [0.2, 0.25) is 0 Å². The summed E-state index contributed by atoms with van der Waals surface area (Å²) in [6.07, 6.45) is 3.02. The van der Waals surface area contributed by atoms with Gasteiger partial charge in [0, 0.05) is 25.0 Å². The summed E-state index contributed by atoms with van der Waals surface area (Å²) in [4.78, 5) is 0. The van der Waals surface area contributed by atoms with Crippen LogP contribution >= 0.6 is 0 Å². The van der Waals surface area contributed by atoms with Crippen molar-refractivity contribution in [1.29, 1.82) is 0 Å². The lowest BCUT2D eigenvalue weighted by Crippen LogP contribution is -2.06. The van der Waals surface area contributed by atoms with Crippen molar-refractivity contribution < 1.29 is 4.39 Å². The summed E-state index contributed by atoms with van der Waals surface area (Å²) < 4.78 is 15.4. The molecule has 0 amide bonds. The molecule has 0 bridgehead atoms. The molecule has 3 aromatic rings. The number of aromatic nitrogens is 1. The van der Waals surface area contributed by atoms with Gasteiger partial charge in [-0.3, -0.25) is 0 Å². The van der Waals surface area contributed by atoms with E-state index in [2.05, 4.69) is 22.0 Å². The average molecular weight is 268 g/mol. The Morgan fingerprint density at radius 2 is 1.85 bits per heavy atom. The van der Waals surface area contributed by atoms with Crippen LogP contribution < -0.4 is 5.32 Å². The molecule has 1 aromatic heterocycles. The minimum absolute atomic E-state index is 0.181. The van der Waals surface area contributed by atoms with Crippen LogP contribution in [0.2, 0.25) is 0 Å². The summed E-state index contributed by atoms with van der Waals surface area (Å²) >= 11 is 0. The predicted octanol–water partition coefficient (Wildman–Crippen LogP) is 4.28. The number of hydrogen-bond acceptors (Lipinski definition) is 1. The van der Waals surface area contributed by atoms with Crippen LogP contribution in [-0.4, -0.2) is 11.1 Å². The molecule has 1 N–H and O–H groups in total. The van der Waals surface area contributed by atoms with Crippen molar-refractivity contribution in [3.05, 3.63) is 66.6 Å². The number of para-hydroxylation sites is 1. The molecular formula is C17H17FN2. The zero-order valence-electron chi connectivity index (χ0n) is 11.2. The van der Waals surface area contributed by atoms with Gasteiger partial charge < -0.3 is 9.88 Å². The first kappa shape index (κ1) is 12.7. The van der Waals surface area contributed by atoms with E-state index in [1.54, 1.807) is 6.07 Å². The van der Waals surface area contributed by atoms with Crippen molar-refractivity contribution in [2.45, 2.75) is 13.0 Å². The average Bonchev–Trinajstić information content (AvgIpc) is 2.87. The Bertz CT molecular complexity index is 689. The quantitative estimate of drug-likeness (QED) is 0.683. The summed E-state index contributed by atoms with van der Waals surface area (Å²) in [6.45, 7) is 1.78. The van der Waals surface area contributed by atoms with Gasteiger partial charge in [0.1, 0.15) is 5.82 Å². The van der Waals surface area contributed by atoms with Crippen LogP contribution in [0, 0.1) is 5.82 Å². The zero-order chi connectivity index (χ0) is 13.8. The van der Waals surface area contributed by atoms with Crippen molar-refractivity contribution in [3.63, 3.8) is 0 Å². The number of nitrogens with zero attached hydrogens (tertiary/aromatic N) is 1. The highest BCUT2D eigenvalue weighted by Crippen LogP contribution is 2.17. The van der Waals surface area contributed by atoms with Crippen LogP contribution in [0.25, 0.3) is 10.9 Å². The molecule has 0 atom stereocenters. The molecule has 2 nitrogen and oxygen atoms in total. The van der Waals surface area contributed by atoms with Crippen LogP contribution in [-0.2, 0) is 6.54 Å². The SMILES string of the molecule is Fc1ccc2ccn(CCCNc3ccccc3)c2c1. The van der Waals surface area contributed by atoms with E-state index in [1.165, 1.54) is 6.07 Å². The molecule has 3 heteroatoms. The molecule has 0 aliphatic rings. The summed E-state index contributed by atoms with van der Waals surface area (Å²) in [5.41, 5.74) is 2.10. The van der Waals surface area contributed by atoms with Crippen LogP contribution in [0.5, 0.6) is 0 Å². The van der Waals surface area contributed by atoms with Gasteiger partial charge in [-0.05, 0) is 48.2 Å². The van der Waals surface area contributed by atoms with Crippen molar-refractivity contribution in [2.24, 2.45) is 0 Å². The maximum atomic E-state index is 13.3. The highest BCUT2D eigenvalue weighted by Gasteiger charge is 2.02. The van der Waals surface area contributed by atoms with Gasteiger partial charge in [0.05, 0.1) is 5.52 Å². The smallest absolute Gasteiger partial charge is 0.125 e. The minimum atomic E-state index is -0.181. The summed E-state index contributed by atoms with van der Waals surface area (Å²) in [5, 5.41) is 4.46. The Balaban J connectivity index is 1.59. The number of anilines is 1. The van der Waals surface area contributed by atoms with Gasteiger partial charge in [-0.25, -0.2) is 4.39 Å². The number of nitrogens with one attached hydrogen (secondary N) is 1. The Morgan fingerprint density at radius 1 is 1.00 bits per heavy atom. The molecule has 0 saturated carbocycles. The van der Waals surface area contributed by atoms with Crippen molar-refractivity contribution in [1.82, 2.24) is 4.57 Å². The molecule has 0 radical (unpaired) electrons. The first-order valence-electron chi connectivity index (χ1n) is 6.86. The van der Waals surface area contributed by atoms with E-state index in [0.717, 1.165) is 36.1 Å². The van der Waals surface area contributed by atoms with Crippen LogP contribution in [0.1, 0.15) is 6.42 Å². The Kier molecular flexibility index (Phi) is 3.68. The second kappa shape index (κ2) is 5.78. The maximum absolute atomic E-state index is 13.3. The standard InChI is InChI=1S/C17H17FN2/c18-15-8-7-14-9-12-20(17(14)13-15)11-4-10-19-16-5-2-1-3-6-16/h1-3,5-9,12-13,19H,4,10-11H2. The lowest BCUT2D eigenvalue weighted by atomic mass is 10.2. The number of hydrogen-bond donors (Lipinski definition) is 1. The third kappa shape index (κ3) is 2.82. The van der Waals surface area contributed by atoms with Gasteiger partial charge in [-0.1, -0.05) is 18.2 Å². The van der Waals surface area contributed by atoms with Gasteiger partial charge >= 0.3 is 0 Å². The number of aryl methyl sites for hydroxylation is 1. The van der Waals surface area contributed by atoms with E-state index in [1.807, 2.05) is 36.5 Å². The number of benzene rings is 2. The number of fused-ring (bicyclic) bond motifs is 1. The molecule has 0 saturated heterocycles. The topological polar surface area (TPSA) is 17.0 Å². The molecule has 0 aliphatic heterocycles. The second-order valence-electron chi connectivity index (χ2n) is 4.86. The molecule has 0 spiro atoms. The molecular weight excluding hydrogens is 251 g/mol. The summed E-state index contributed by atoms with van der Waals surface area (Å²) in [5.74, 6) is -0.181. The predicted molar refractivity (Wildman–Crippen MR) is 81.4 cm³/mol. The monoisotopic (exact) mass is 268 g/mol. The van der Waals surface area contributed by atoms with E-state index < -0.39 is 0 Å². The minimum Gasteiger partial charge on any atom is -0.385 e. The first-order valence-corrected chi connectivity index (χ1v) is 6.86. The lowest BCUT2D eigenvalue weighted by Gasteiger charge is -2.08. The highest BCUT2D eigenvalue weighted by molar-refractivity contribution is 5.80. The van der Waals surface area contributed by atoms with E-state index in [-0.39, 0.29) is 5.82 Å². The van der Waals surface area contributed by atoms with E-state index in [0.29, 0.717) is 0 Å². The fourth-order valence-corrected chi connectivity index (χ4v) is 2.39. The largest absolute Gasteiger partial charge is 0.385 e. The van der Waals surface area contributed by atoms with Gasteiger partial charge in [0.25, 0.3) is 0 Å². The van der Waals surface area contributed by atoms with E-state index >= 15 is 0 Å². The molecule has 20 heavy (non-hydrogen) atoms. The van der Waals surface area contributed by atoms with Crippen molar-refractivity contribution in [2.75, 3.05) is 11.9 Å².